The summed E-state index contributed by atoms with van der Waals surface area (Å²) < 4.78 is 13.3. The molecule has 1 aliphatic rings. The van der Waals surface area contributed by atoms with Crippen LogP contribution in [0.3, 0.4) is 0 Å². The number of nitrogens with two attached hydrogens (primary N) is 1. The summed E-state index contributed by atoms with van der Waals surface area (Å²) in [5.41, 5.74) is 6.05. The number of benzene rings is 1. The predicted octanol–water partition coefficient (Wildman–Crippen LogP) is 1.79. The summed E-state index contributed by atoms with van der Waals surface area (Å²) in [6.07, 6.45) is 4.06. The van der Waals surface area contributed by atoms with E-state index in [4.69, 9.17) is 10.8 Å². The predicted molar refractivity (Wildman–Crippen MR) is 71.2 cm³/mol. The van der Waals surface area contributed by atoms with E-state index in [9.17, 15) is 9.18 Å². The van der Waals surface area contributed by atoms with Crippen LogP contribution in [0.25, 0.3) is 0 Å². The highest BCUT2D eigenvalue weighted by atomic mass is 19.1. The minimum Gasteiger partial charge on any atom is -0.399 e. The van der Waals surface area contributed by atoms with E-state index in [1.54, 1.807) is 4.90 Å². The monoisotopic (exact) mass is 266 g/mol. The van der Waals surface area contributed by atoms with Gasteiger partial charge < -0.3 is 15.7 Å². The number of aliphatic hydroxyl groups excluding tert-OH is 1. The smallest absolute Gasteiger partial charge is 0.254 e. The first-order valence-corrected chi connectivity index (χ1v) is 6.59. The van der Waals surface area contributed by atoms with E-state index in [1.807, 2.05) is 0 Å². The van der Waals surface area contributed by atoms with Crippen LogP contribution < -0.4 is 5.73 Å². The topological polar surface area (TPSA) is 66.6 Å². The normalized spacial score (nSPS) is 15.7. The third-order valence-electron chi connectivity index (χ3n) is 3.53. The molecule has 0 bridgehead atoms. The van der Waals surface area contributed by atoms with Crippen molar-refractivity contribution in [3.63, 3.8) is 0 Å². The van der Waals surface area contributed by atoms with Gasteiger partial charge in [-0.15, -0.1) is 0 Å². The summed E-state index contributed by atoms with van der Waals surface area (Å²) >= 11 is 0. The molecular weight excluding hydrogens is 247 g/mol. The molecule has 1 aromatic rings. The molecule has 1 amide bonds. The molecule has 1 aliphatic carbocycles. The zero-order valence-corrected chi connectivity index (χ0v) is 10.8. The minimum atomic E-state index is -0.515. The summed E-state index contributed by atoms with van der Waals surface area (Å²) in [5.74, 6) is -0.772. The maximum absolute atomic E-state index is 13.3. The summed E-state index contributed by atoms with van der Waals surface area (Å²) in [7, 11) is 0. The van der Waals surface area contributed by atoms with Crippen molar-refractivity contribution in [3.05, 3.63) is 29.6 Å². The number of hydrogen-bond acceptors (Lipinski definition) is 3. The van der Waals surface area contributed by atoms with Crippen LogP contribution >= 0.6 is 0 Å². The Morgan fingerprint density at radius 1 is 1.37 bits per heavy atom. The molecule has 0 spiro atoms. The molecule has 3 N–H and O–H groups in total. The number of hydrogen-bond donors (Lipinski definition) is 2. The number of anilines is 1. The lowest BCUT2D eigenvalue weighted by molar-refractivity contribution is 0.0637. The SMILES string of the molecule is Nc1cc(F)cc(C(=O)N(CCO)C2CCCC2)c1. The van der Waals surface area contributed by atoms with Crippen LogP contribution in [0.15, 0.2) is 18.2 Å². The van der Waals surface area contributed by atoms with E-state index >= 15 is 0 Å². The second-order valence-corrected chi connectivity index (χ2v) is 4.93. The Bertz CT molecular complexity index is 439. The molecule has 0 saturated heterocycles. The van der Waals surface area contributed by atoms with Crippen LogP contribution in [0.1, 0.15) is 36.0 Å². The number of carbonyl (C=O) groups is 1. The van der Waals surface area contributed by atoms with Crippen LogP contribution in [0.4, 0.5) is 10.1 Å². The van der Waals surface area contributed by atoms with Crippen LogP contribution in [-0.2, 0) is 0 Å². The van der Waals surface area contributed by atoms with E-state index in [2.05, 4.69) is 0 Å². The standard InChI is InChI=1S/C14H19FN2O2/c15-11-7-10(8-12(16)9-11)14(19)17(5-6-18)13-3-1-2-4-13/h7-9,13,18H,1-6,16H2. The molecule has 0 aromatic heterocycles. The van der Waals surface area contributed by atoms with E-state index in [-0.39, 0.29) is 36.4 Å². The lowest BCUT2D eigenvalue weighted by atomic mass is 10.1. The Balaban J connectivity index is 2.22. The Morgan fingerprint density at radius 3 is 2.63 bits per heavy atom. The highest BCUT2D eigenvalue weighted by Gasteiger charge is 2.27. The van der Waals surface area contributed by atoms with E-state index in [1.165, 1.54) is 18.2 Å². The number of rotatable bonds is 4. The lowest BCUT2D eigenvalue weighted by Crippen LogP contribution is -2.40. The van der Waals surface area contributed by atoms with Crippen LogP contribution in [-0.4, -0.2) is 35.1 Å². The number of halogens is 1. The maximum atomic E-state index is 13.3. The van der Waals surface area contributed by atoms with Crippen molar-refractivity contribution in [2.75, 3.05) is 18.9 Å². The van der Waals surface area contributed by atoms with Crippen molar-refractivity contribution in [2.24, 2.45) is 0 Å². The molecule has 0 atom stereocenters. The van der Waals surface area contributed by atoms with Crippen molar-refractivity contribution in [1.29, 1.82) is 0 Å². The number of nitrogens with zero attached hydrogens (tertiary/aromatic N) is 1. The van der Waals surface area contributed by atoms with Crippen LogP contribution in [0, 0.1) is 5.82 Å². The van der Waals surface area contributed by atoms with Gasteiger partial charge in [0.2, 0.25) is 0 Å². The number of aliphatic hydroxyl groups is 1. The molecule has 2 rings (SSSR count). The Hall–Kier alpha value is -1.62. The first-order chi connectivity index (χ1) is 9.11. The van der Waals surface area contributed by atoms with E-state index in [0.29, 0.717) is 0 Å². The Kier molecular flexibility index (Phi) is 4.37. The molecule has 0 unspecified atom stereocenters. The fourth-order valence-electron chi connectivity index (χ4n) is 2.68. The first kappa shape index (κ1) is 13.8. The average molecular weight is 266 g/mol. The Morgan fingerprint density at radius 2 is 2.05 bits per heavy atom. The molecule has 0 heterocycles. The second-order valence-electron chi connectivity index (χ2n) is 4.93. The van der Waals surface area contributed by atoms with Crippen molar-refractivity contribution in [1.82, 2.24) is 4.90 Å². The van der Waals surface area contributed by atoms with Gasteiger partial charge in [-0.25, -0.2) is 4.39 Å². The summed E-state index contributed by atoms with van der Waals surface area (Å²) in [5, 5.41) is 9.11. The molecular formula is C14H19FN2O2. The molecule has 104 valence electrons. The van der Waals surface area contributed by atoms with Gasteiger partial charge in [-0.05, 0) is 31.0 Å². The molecule has 0 radical (unpaired) electrons. The van der Waals surface area contributed by atoms with Crippen molar-refractivity contribution >= 4 is 11.6 Å². The Labute approximate surface area is 112 Å². The number of carbonyl (C=O) groups excluding carboxylic acids is 1. The minimum absolute atomic E-state index is 0.0902. The van der Waals surface area contributed by atoms with Gasteiger partial charge in [-0.1, -0.05) is 12.8 Å². The number of nitrogen functional groups attached to an aromatic ring is 1. The number of amides is 1. The zero-order valence-electron chi connectivity index (χ0n) is 10.8. The lowest BCUT2D eigenvalue weighted by Gasteiger charge is -2.28. The summed E-state index contributed by atoms with van der Waals surface area (Å²) in [6.45, 7) is 0.187. The van der Waals surface area contributed by atoms with Gasteiger partial charge in [-0.2, -0.15) is 0 Å². The van der Waals surface area contributed by atoms with Gasteiger partial charge in [-0.3, -0.25) is 4.79 Å². The van der Waals surface area contributed by atoms with Gasteiger partial charge in [0, 0.05) is 23.8 Å². The second kappa shape index (κ2) is 6.02. The third kappa shape index (κ3) is 3.23. The van der Waals surface area contributed by atoms with Gasteiger partial charge in [0.1, 0.15) is 5.82 Å². The largest absolute Gasteiger partial charge is 0.399 e. The average Bonchev–Trinajstić information content (AvgIpc) is 2.87. The first-order valence-electron chi connectivity index (χ1n) is 6.59. The van der Waals surface area contributed by atoms with Crippen molar-refractivity contribution < 1.29 is 14.3 Å². The van der Waals surface area contributed by atoms with Crippen molar-refractivity contribution in [2.45, 2.75) is 31.7 Å². The third-order valence-corrected chi connectivity index (χ3v) is 3.53. The molecule has 4 nitrogen and oxygen atoms in total. The zero-order chi connectivity index (χ0) is 13.8. The highest BCUT2D eigenvalue weighted by Crippen LogP contribution is 2.25. The quantitative estimate of drug-likeness (QED) is 0.816. The molecule has 0 aliphatic heterocycles. The van der Waals surface area contributed by atoms with Gasteiger partial charge in [0.05, 0.1) is 6.61 Å². The van der Waals surface area contributed by atoms with Gasteiger partial charge in [0.25, 0.3) is 5.91 Å². The fraction of sp³-hybridized carbons (Fsp3) is 0.500. The molecule has 19 heavy (non-hydrogen) atoms. The molecule has 1 fully saturated rings. The van der Waals surface area contributed by atoms with Crippen molar-refractivity contribution in [3.8, 4) is 0 Å². The fourth-order valence-corrected chi connectivity index (χ4v) is 2.68. The summed E-state index contributed by atoms with van der Waals surface area (Å²) in [6, 6.07) is 4.00. The molecule has 1 saturated carbocycles. The highest BCUT2D eigenvalue weighted by molar-refractivity contribution is 5.95. The molecule has 1 aromatic carbocycles. The van der Waals surface area contributed by atoms with Gasteiger partial charge in [0.15, 0.2) is 0 Å². The van der Waals surface area contributed by atoms with E-state index in [0.717, 1.165) is 25.7 Å². The van der Waals surface area contributed by atoms with Gasteiger partial charge >= 0.3 is 0 Å². The van der Waals surface area contributed by atoms with E-state index < -0.39 is 5.82 Å². The maximum Gasteiger partial charge on any atom is 0.254 e. The van der Waals surface area contributed by atoms with Crippen LogP contribution in [0.2, 0.25) is 0 Å². The summed E-state index contributed by atoms with van der Waals surface area (Å²) in [4.78, 5) is 14.1. The van der Waals surface area contributed by atoms with Crippen LogP contribution in [0.5, 0.6) is 0 Å². The molecule has 5 heteroatoms.